The van der Waals surface area contributed by atoms with Crippen LogP contribution in [0.1, 0.15) is 64.7 Å². The van der Waals surface area contributed by atoms with Crippen LogP contribution in [0.25, 0.3) is 0 Å². The van der Waals surface area contributed by atoms with Crippen LogP contribution in [0.5, 0.6) is 0 Å². The highest BCUT2D eigenvalue weighted by molar-refractivity contribution is 5.80. The predicted octanol–water partition coefficient (Wildman–Crippen LogP) is 3.28. The van der Waals surface area contributed by atoms with Gasteiger partial charge in [0, 0.05) is 6.04 Å². The van der Waals surface area contributed by atoms with E-state index in [9.17, 15) is 4.79 Å². The minimum absolute atomic E-state index is 0.102. The fourth-order valence-corrected chi connectivity index (χ4v) is 3.96. The van der Waals surface area contributed by atoms with Crippen molar-refractivity contribution < 1.29 is 9.53 Å². The molecule has 0 saturated heterocycles. The van der Waals surface area contributed by atoms with E-state index in [4.69, 9.17) is 4.74 Å². The molecule has 3 nitrogen and oxygen atoms in total. The van der Waals surface area contributed by atoms with Crippen molar-refractivity contribution in [3.05, 3.63) is 0 Å². The van der Waals surface area contributed by atoms with Gasteiger partial charge in [0.2, 0.25) is 5.91 Å². The smallest absolute Gasteiger partial charge is 0.249 e. The van der Waals surface area contributed by atoms with Crippen LogP contribution < -0.4 is 5.32 Å². The quantitative estimate of drug-likeness (QED) is 0.838. The largest absolute Gasteiger partial charge is 0.368 e. The lowest BCUT2D eigenvalue weighted by Gasteiger charge is -2.39. The second kappa shape index (κ2) is 6.46. The van der Waals surface area contributed by atoms with Gasteiger partial charge in [0.05, 0.1) is 6.61 Å². The zero-order valence-corrected chi connectivity index (χ0v) is 12.8. The van der Waals surface area contributed by atoms with Crippen molar-refractivity contribution in [2.75, 3.05) is 6.61 Å². The van der Waals surface area contributed by atoms with Crippen LogP contribution in [-0.4, -0.2) is 24.7 Å². The summed E-state index contributed by atoms with van der Waals surface area (Å²) in [4.78, 5) is 12.2. The molecule has 1 N–H and O–H groups in total. The van der Waals surface area contributed by atoms with Crippen LogP contribution in [-0.2, 0) is 9.53 Å². The number of ether oxygens (including phenoxy) is 1. The summed E-state index contributed by atoms with van der Waals surface area (Å²) < 4.78 is 5.66. The number of fused-ring (bicyclic) bond motifs is 1. The molecule has 3 saturated carbocycles. The first-order chi connectivity index (χ1) is 9.72. The lowest BCUT2D eigenvalue weighted by molar-refractivity contribution is -0.133. The van der Waals surface area contributed by atoms with Crippen LogP contribution in [0, 0.1) is 17.8 Å². The molecule has 4 atom stereocenters. The van der Waals surface area contributed by atoms with Crippen LogP contribution in [0.4, 0.5) is 0 Å². The molecule has 20 heavy (non-hydrogen) atoms. The molecule has 3 rings (SSSR count). The van der Waals surface area contributed by atoms with Gasteiger partial charge in [-0.2, -0.15) is 0 Å². The first-order valence-electron chi connectivity index (χ1n) is 8.64. The maximum absolute atomic E-state index is 12.2. The molecule has 0 aromatic rings. The molecule has 0 heterocycles. The molecule has 0 radical (unpaired) electrons. The third-order valence-corrected chi connectivity index (χ3v) is 5.53. The zero-order chi connectivity index (χ0) is 13.9. The Bertz CT molecular complexity index is 340. The molecular formula is C17H29NO2. The van der Waals surface area contributed by atoms with E-state index in [-0.39, 0.29) is 12.0 Å². The predicted molar refractivity (Wildman–Crippen MR) is 79.4 cm³/mol. The van der Waals surface area contributed by atoms with E-state index in [1.165, 1.54) is 57.8 Å². The molecule has 0 bridgehead atoms. The standard InChI is InChI=1S/C17H29NO2/c1-12(20-11-13-6-7-13)17(19)18-16-9-8-14-4-2-3-5-15(14)10-16/h12-16H,2-11H2,1H3,(H,18,19). The zero-order valence-electron chi connectivity index (χ0n) is 12.8. The third kappa shape index (κ3) is 3.75. The maximum atomic E-state index is 12.2. The number of carbonyl (C=O) groups is 1. The van der Waals surface area contributed by atoms with Gasteiger partial charge in [-0.1, -0.05) is 25.7 Å². The van der Waals surface area contributed by atoms with E-state index in [1.54, 1.807) is 0 Å². The SMILES string of the molecule is CC(OCC1CC1)C(=O)NC1CCC2CCCCC2C1. The van der Waals surface area contributed by atoms with Gasteiger partial charge in [0.15, 0.2) is 0 Å². The minimum Gasteiger partial charge on any atom is -0.368 e. The van der Waals surface area contributed by atoms with E-state index < -0.39 is 0 Å². The third-order valence-electron chi connectivity index (χ3n) is 5.53. The van der Waals surface area contributed by atoms with Gasteiger partial charge in [0.25, 0.3) is 0 Å². The van der Waals surface area contributed by atoms with Crippen molar-refractivity contribution in [2.45, 2.75) is 76.9 Å². The summed E-state index contributed by atoms with van der Waals surface area (Å²) in [5.41, 5.74) is 0. The molecule has 114 valence electrons. The van der Waals surface area contributed by atoms with Crippen molar-refractivity contribution in [1.29, 1.82) is 0 Å². The maximum Gasteiger partial charge on any atom is 0.249 e. The number of rotatable bonds is 5. The fraction of sp³-hybridized carbons (Fsp3) is 0.941. The molecule has 4 unspecified atom stereocenters. The Labute approximate surface area is 122 Å². The Hall–Kier alpha value is -0.570. The second-order valence-corrected chi connectivity index (χ2v) is 7.24. The normalized spacial score (nSPS) is 35.1. The number of hydrogen-bond donors (Lipinski definition) is 1. The van der Waals surface area contributed by atoms with Gasteiger partial charge in [-0.05, 0) is 56.8 Å². The van der Waals surface area contributed by atoms with E-state index in [0.29, 0.717) is 6.04 Å². The summed E-state index contributed by atoms with van der Waals surface area (Å²) >= 11 is 0. The van der Waals surface area contributed by atoms with Crippen LogP contribution in [0.3, 0.4) is 0 Å². The highest BCUT2D eigenvalue weighted by Crippen LogP contribution is 2.40. The van der Waals surface area contributed by atoms with Crippen molar-refractivity contribution in [2.24, 2.45) is 17.8 Å². The topological polar surface area (TPSA) is 38.3 Å². The second-order valence-electron chi connectivity index (χ2n) is 7.24. The van der Waals surface area contributed by atoms with Crippen LogP contribution >= 0.6 is 0 Å². The van der Waals surface area contributed by atoms with Crippen molar-refractivity contribution in [3.8, 4) is 0 Å². The summed E-state index contributed by atoms with van der Waals surface area (Å²) in [6.45, 7) is 2.66. The molecule has 0 aromatic heterocycles. The fourth-order valence-electron chi connectivity index (χ4n) is 3.96. The Kier molecular flexibility index (Phi) is 4.65. The molecule has 0 spiro atoms. The van der Waals surface area contributed by atoms with Crippen molar-refractivity contribution in [1.82, 2.24) is 5.32 Å². The number of nitrogens with one attached hydrogen (secondary N) is 1. The Morgan fingerprint density at radius 2 is 1.85 bits per heavy atom. The molecule has 0 aromatic carbocycles. The van der Waals surface area contributed by atoms with Gasteiger partial charge in [-0.3, -0.25) is 4.79 Å². The first-order valence-corrected chi connectivity index (χ1v) is 8.64. The average Bonchev–Trinajstić information content (AvgIpc) is 3.28. The molecule has 3 aliphatic rings. The van der Waals surface area contributed by atoms with E-state index in [1.807, 2.05) is 6.92 Å². The monoisotopic (exact) mass is 279 g/mol. The molecule has 0 aliphatic heterocycles. The Morgan fingerprint density at radius 3 is 2.60 bits per heavy atom. The summed E-state index contributed by atoms with van der Waals surface area (Å²) in [5, 5.41) is 3.23. The molecule has 3 heteroatoms. The molecule has 1 amide bonds. The summed E-state index contributed by atoms with van der Waals surface area (Å²) in [7, 11) is 0. The minimum atomic E-state index is -0.278. The average molecular weight is 279 g/mol. The lowest BCUT2D eigenvalue weighted by Crippen LogP contribution is -2.45. The van der Waals surface area contributed by atoms with E-state index in [2.05, 4.69) is 5.32 Å². The van der Waals surface area contributed by atoms with E-state index >= 15 is 0 Å². The van der Waals surface area contributed by atoms with Crippen molar-refractivity contribution >= 4 is 5.91 Å². The van der Waals surface area contributed by atoms with Gasteiger partial charge in [0.1, 0.15) is 6.10 Å². The molecular weight excluding hydrogens is 250 g/mol. The summed E-state index contributed by atoms with van der Waals surface area (Å²) in [5.74, 6) is 2.64. The summed E-state index contributed by atoms with van der Waals surface area (Å²) in [6.07, 6.45) is 11.6. The first kappa shape index (κ1) is 14.4. The van der Waals surface area contributed by atoms with Gasteiger partial charge < -0.3 is 10.1 Å². The van der Waals surface area contributed by atoms with Crippen LogP contribution in [0.15, 0.2) is 0 Å². The highest BCUT2D eigenvalue weighted by atomic mass is 16.5. The van der Waals surface area contributed by atoms with Crippen molar-refractivity contribution in [3.63, 3.8) is 0 Å². The van der Waals surface area contributed by atoms with Gasteiger partial charge >= 0.3 is 0 Å². The molecule has 3 aliphatic carbocycles. The Balaban J connectivity index is 1.41. The van der Waals surface area contributed by atoms with Gasteiger partial charge in [-0.15, -0.1) is 0 Å². The highest BCUT2D eigenvalue weighted by Gasteiger charge is 2.33. The lowest BCUT2D eigenvalue weighted by atomic mass is 9.69. The number of hydrogen-bond acceptors (Lipinski definition) is 2. The van der Waals surface area contributed by atoms with E-state index in [0.717, 1.165) is 24.4 Å². The summed E-state index contributed by atoms with van der Waals surface area (Å²) in [6, 6.07) is 0.397. The number of carbonyl (C=O) groups excluding carboxylic acids is 1. The van der Waals surface area contributed by atoms with Gasteiger partial charge in [-0.25, -0.2) is 0 Å². The molecule has 3 fully saturated rings. The van der Waals surface area contributed by atoms with Crippen LogP contribution in [0.2, 0.25) is 0 Å². The Morgan fingerprint density at radius 1 is 1.10 bits per heavy atom. The number of amides is 1.